The molecule has 0 spiro atoms. The van der Waals surface area contributed by atoms with Crippen LogP contribution in [0.3, 0.4) is 0 Å². The number of furan rings is 1. The Labute approximate surface area is 63.9 Å². The molecule has 0 N–H and O–H groups in total. The van der Waals surface area contributed by atoms with Crippen LogP contribution in [0.4, 0.5) is 0 Å². The highest BCUT2D eigenvalue weighted by Crippen LogP contribution is 2.12. The average Bonchev–Trinajstić information content (AvgIpc) is 2.50. The Morgan fingerprint density at radius 2 is 2.45 bits per heavy atom. The average molecular weight is 143 g/mol. The van der Waals surface area contributed by atoms with E-state index in [0.29, 0.717) is 0 Å². The first-order valence-electron chi connectivity index (χ1n) is 3.20. The Morgan fingerprint density at radius 1 is 1.55 bits per heavy atom. The van der Waals surface area contributed by atoms with Crippen molar-refractivity contribution in [3.05, 3.63) is 30.2 Å². The predicted octanol–water partition coefficient (Wildman–Crippen LogP) is 1.81. The first-order chi connectivity index (χ1) is 5.40. The van der Waals surface area contributed by atoms with E-state index in [1.807, 2.05) is 0 Å². The largest absolute Gasteiger partial charge is 0.463 e. The maximum atomic E-state index is 5.18. The third-order valence-corrected chi connectivity index (χ3v) is 1.47. The summed E-state index contributed by atoms with van der Waals surface area (Å²) in [6.45, 7) is 0. The van der Waals surface area contributed by atoms with Crippen molar-refractivity contribution in [3.63, 3.8) is 0 Å². The van der Waals surface area contributed by atoms with Gasteiger partial charge in [0.2, 0.25) is 0 Å². The van der Waals surface area contributed by atoms with E-state index in [4.69, 9.17) is 10.8 Å². The number of fused-ring (bicyclic) bond motifs is 1. The van der Waals surface area contributed by atoms with Crippen LogP contribution in [0.25, 0.3) is 11.1 Å². The van der Waals surface area contributed by atoms with Crippen LogP contribution >= 0.6 is 0 Å². The van der Waals surface area contributed by atoms with Gasteiger partial charge in [0, 0.05) is 23.9 Å². The van der Waals surface area contributed by atoms with Crippen molar-refractivity contribution in [1.82, 2.24) is 4.98 Å². The monoisotopic (exact) mass is 143 g/mol. The van der Waals surface area contributed by atoms with Crippen LogP contribution in [0.15, 0.2) is 29.0 Å². The molecule has 2 rings (SSSR count). The minimum atomic E-state index is 0.737. The highest BCUT2D eigenvalue weighted by Gasteiger charge is 1.96. The van der Waals surface area contributed by atoms with Crippen molar-refractivity contribution in [2.45, 2.75) is 0 Å². The van der Waals surface area contributed by atoms with Gasteiger partial charge in [0.15, 0.2) is 5.58 Å². The number of pyridine rings is 1. The standard InChI is InChI=1S/C9H5NO/c1-2-7-5-9-8(10-6-7)3-4-11-9/h1,3-6H. The first-order valence-corrected chi connectivity index (χ1v) is 3.20. The van der Waals surface area contributed by atoms with Gasteiger partial charge in [0.25, 0.3) is 0 Å². The van der Waals surface area contributed by atoms with Gasteiger partial charge in [-0.1, -0.05) is 5.92 Å². The third kappa shape index (κ3) is 0.870. The van der Waals surface area contributed by atoms with Crippen LogP contribution in [0.2, 0.25) is 0 Å². The van der Waals surface area contributed by atoms with Crippen molar-refractivity contribution < 1.29 is 4.42 Å². The number of nitrogens with zero attached hydrogens (tertiary/aromatic N) is 1. The molecule has 2 heteroatoms. The molecule has 0 unspecified atom stereocenters. The predicted molar refractivity (Wildman–Crippen MR) is 41.9 cm³/mol. The van der Waals surface area contributed by atoms with Gasteiger partial charge in [-0.05, 0) is 0 Å². The molecular weight excluding hydrogens is 138 g/mol. The summed E-state index contributed by atoms with van der Waals surface area (Å²) in [4.78, 5) is 4.08. The van der Waals surface area contributed by atoms with Gasteiger partial charge in [-0.15, -0.1) is 6.42 Å². The maximum absolute atomic E-state index is 5.18. The van der Waals surface area contributed by atoms with Crippen molar-refractivity contribution in [2.75, 3.05) is 0 Å². The van der Waals surface area contributed by atoms with Crippen molar-refractivity contribution in [1.29, 1.82) is 0 Å². The number of terminal acetylenes is 1. The summed E-state index contributed by atoms with van der Waals surface area (Å²) in [7, 11) is 0. The van der Waals surface area contributed by atoms with Gasteiger partial charge in [-0.2, -0.15) is 0 Å². The maximum Gasteiger partial charge on any atom is 0.153 e. The van der Waals surface area contributed by atoms with E-state index in [-0.39, 0.29) is 0 Å². The zero-order chi connectivity index (χ0) is 7.68. The van der Waals surface area contributed by atoms with Gasteiger partial charge in [-0.3, -0.25) is 4.98 Å². The molecule has 11 heavy (non-hydrogen) atoms. The topological polar surface area (TPSA) is 26.0 Å². The SMILES string of the molecule is C#Cc1cnc2ccoc2c1. The Morgan fingerprint density at radius 3 is 3.27 bits per heavy atom. The van der Waals surface area contributed by atoms with Crippen LogP contribution in [0.5, 0.6) is 0 Å². The fraction of sp³-hybridized carbons (Fsp3) is 0. The van der Waals surface area contributed by atoms with E-state index in [9.17, 15) is 0 Å². The Hall–Kier alpha value is -1.75. The second-order valence-corrected chi connectivity index (χ2v) is 2.17. The summed E-state index contributed by atoms with van der Waals surface area (Å²) in [6.07, 6.45) is 8.42. The van der Waals surface area contributed by atoms with Crippen molar-refractivity contribution >= 4 is 11.1 Å². The fourth-order valence-electron chi connectivity index (χ4n) is 0.925. The molecule has 0 aromatic carbocycles. The van der Waals surface area contributed by atoms with Crippen molar-refractivity contribution in [3.8, 4) is 12.3 Å². The first kappa shape index (κ1) is 5.99. The smallest absolute Gasteiger partial charge is 0.153 e. The second kappa shape index (κ2) is 2.14. The lowest BCUT2D eigenvalue weighted by molar-refractivity contribution is 0.615. The van der Waals surface area contributed by atoms with Gasteiger partial charge in [-0.25, -0.2) is 0 Å². The summed E-state index contributed by atoms with van der Waals surface area (Å²) in [5, 5.41) is 0. The molecule has 0 amide bonds. The van der Waals surface area contributed by atoms with Crippen molar-refractivity contribution in [2.24, 2.45) is 0 Å². The zero-order valence-corrected chi connectivity index (χ0v) is 5.74. The van der Waals surface area contributed by atoms with Crippen LogP contribution < -0.4 is 0 Å². The Balaban J connectivity index is 2.79. The quantitative estimate of drug-likeness (QED) is 0.525. The number of rotatable bonds is 0. The zero-order valence-electron chi connectivity index (χ0n) is 5.74. The lowest BCUT2D eigenvalue weighted by Crippen LogP contribution is -1.76. The highest BCUT2D eigenvalue weighted by molar-refractivity contribution is 5.73. The molecule has 52 valence electrons. The van der Waals surface area contributed by atoms with Gasteiger partial charge >= 0.3 is 0 Å². The molecule has 2 nitrogen and oxygen atoms in total. The Bertz CT molecular complexity index is 422. The molecule has 0 saturated carbocycles. The molecule has 0 fully saturated rings. The summed E-state index contributed by atoms with van der Waals surface area (Å²) in [5.74, 6) is 2.49. The molecule has 0 bridgehead atoms. The van der Waals surface area contributed by atoms with E-state index in [0.717, 1.165) is 16.7 Å². The summed E-state index contributed by atoms with van der Waals surface area (Å²) >= 11 is 0. The summed E-state index contributed by atoms with van der Waals surface area (Å²) in [5.41, 5.74) is 2.32. The molecular formula is C9H5NO. The van der Waals surface area contributed by atoms with Crippen LogP contribution in [-0.2, 0) is 0 Å². The van der Waals surface area contributed by atoms with Gasteiger partial charge < -0.3 is 4.42 Å². The number of aromatic nitrogens is 1. The molecule has 2 heterocycles. The third-order valence-electron chi connectivity index (χ3n) is 1.47. The van der Waals surface area contributed by atoms with E-state index in [2.05, 4.69) is 10.9 Å². The van der Waals surface area contributed by atoms with E-state index in [1.165, 1.54) is 0 Å². The normalized spacial score (nSPS) is 9.73. The van der Waals surface area contributed by atoms with Crippen LogP contribution in [-0.4, -0.2) is 4.98 Å². The van der Waals surface area contributed by atoms with Crippen LogP contribution in [0.1, 0.15) is 5.56 Å². The fourth-order valence-corrected chi connectivity index (χ4v) is 0.925. The second-order valence-electron chi connectivity index (χ2n) is 2.17. The summed E-state index contributed by atoms with van der Waals surface area (Å²) < 4.78 is 5.10. The lowest BCUT2D eigenvalue weighted by Gasteiger charge is -1.87. The molecule has 0 radical (unpaired) electrons. The Kier molecular flexibility index (Phi) is 1.16. The molecule has 2 aromatic heterocycles. The van der Waals surface area contributed by atoms with Crippen LogP contribution in [0, 0.1) is 12.3 Å². The van der Waals surface area contributed by atoms with E-state index < -0.39 is 0 Å². The molecule has 0 aliphatic carbocycles. The number of hydrogen-bond donors (Lipinski definition) is 0. The lowest BCUT2D eigenvalue weighted by atomic mass is 10.3. The minimum absolute atomic E-state index is 0.737. The van der Waals surface area contributed by atoms with Gasteiger partial charge in [0.05, 0.1) is 6.26 Å². The molecule has 0 aliphatic rings. The van der Waals surface area contributed by atoms with E-state index >= 15 is 0 Å². The molecule has 2 aromatic rings. The minimum Gasteiger partial charge on any atom is -0.463 e. The molecule has 0 atom stereocenters. The van der Waals surface area contributed by atoms with E-state index in [1.54, 1.807) is 24.6 Å². The summed E-state index contributed by atoms with van der Waals surface area (Å²) in [6, 6.07) is 3.60. The number of hydrogen-bond acceptors (Lipinski definition) is 2. The highest BCUT2D eigenvalue weighted by atomic mass is 16.3. The van der Waals surface area contributed by atoms with Gasteiger partial charge in [0.1, 0.15) is 5.52 Å². The molecule has 0 aliphatic heterocycles. The molecule has 0 saturated heterocycles.